The molecule has 0 aromatic heterocycles. The lowest BCUT2D eigenvalue weighted by molar-refractivity contribution is 0.219. The van der Waals surface area contributed by atoms with Crippen LogP contribution in [0, 0.1) is 12.8 Å². The summed E-state index contributed by atoms with van der Waals surface area (Å²) in [4.78, 5) is 4.79. The van der Waals surface area contributed by atoms with Crippen LogP contribution < -0.4 is 10.1 Å². The van der Waals surface area contributed by atoms with E-state index in [-0.39, 0.29) is 0 Å². The van der Waals surface area contributed by atoms with E-state index in [4.69, 9.17) is 4.74 Å². The van der Waals surface area contributed by atoms with Crippen molar-refractivity contribution in [2.75, 3.05) is 58.7 Å². The van der Waals surface area contributed by atoms with E-state index in [0.29, 0.717) is 0 Å². The highest BCUT2D eigenvalue weighted by Crippen LogP contribution is 2.21. The van der Waals surface area contributed by atoms with Gasteiger partial charge in [0, 0.05) is 25.3 Å². The van der Waals surface area contributed by atoms with Crippen LogP contribution in [0.2, 0.25) is 0 Å². The van der Waals surface area contributed by atoms with Crippen molar-refractivity contribution in [1.29, 1.82) is 0 Å². The zero-order valence-electron chi connectivity index (χ0n) is 24.4. The monoisotopic (exact) mass is 485 g/mol. The number of ether oxygens (including phenoxy) is 1. The maximum Gasteiger partial charge on any atom is 0.121 e. The molecule has 0 amide bonds. The van der Waals surface area contributed by atoms with Crippen LogP contribution in [-0.2, 0) is 6.42 Å². The lowest BCUT2D eigenvalue weighted by Crippen LogP contribution is -2.30. The molecular weight excluding hydrogens is 430 g/mol. The van der Waals surface area contributed by atoms with Crippen LogP contribution in [0.5, 0.6) is 5.75 Å². The molecule has 0 spiro atoms. The second-order valence-electron chi connectivity index (χ2n) is 8.59. The molecule has 0 atom stereocenters. The number of likely N-dealkylation sites (tertiary alicyclic amines) is 1. The Balaban J connectivity index is 0.000000579. The molecule has 4 nitrogen and oxygen atoms in total. The summed E-state index contributed by atoms with van der Waals surface area (Å²) in [6, 6.07) is 17.1. The molecule has 1 saturated heterocycles. The van der Waals surface area contributed by atoms with E-state index in [1.807, 2.05) is 59.0 Å². The molecule has 1 N–H and O–H groups in total. The predicted octanol–water partition coefficient (Wildman–Crippen LogP) is 7.38. The van der Waals surface area contributed by atoms with E-state index < -0.39 is 0 Å². The standard InChI is InChI=1S/C14H21N.C13H22N2O.2C2H6/c1-12-3-5-13(6-4-12)11-14-7-9-15(2)10-8-14;1-4-15(5-2)9-10-16-13-8-6-7-12(11-13)14-3;2*1-2/h3-6,14H,7-11H2,1-2H3;6-8,11,14H,4-5,9-10H2,1-3H3;2*1-2H3. The molecule has 0 aliphatic carbocycles. The van der Waals surface area contributed by atoms with Gasteiger partial charge in [-0.1, -0.05) is 77.4 Å². The minimum absolute atomic E-state index is 0.745. The number of piperidine rings is 1. The Morgan fingerprint density at radius 1 is 0.943 bits per heavy atom. The normalized spacial score (nSPS) is 13.4. The van der Waals surface area contributed by atoms with Crippen LogP contribution in [0.1, 0.15) is 65.5 Å². The van der Waals surface area contributed by atoms with Gasteiger partial charge >= 0.3 is 0 Å². The molecule has 2 aromatic rings. The Bertz CT molecular complexity index is 720. The summed E-state index contributed by atoms with van der Waals surface area (Å²) in [6.45, 7) is 20.9. The summed E-state index contributed by atoms with van der Waals surface area (Å²) < 4.78 is 5.70. The minimum atomic E-state index is 0.745. The first-order valence-electron chi connectivity index (χ1n) is 13.9. The number of aryl methyl sites for hydroxylation is 1. The topological polar surface area (TPSA) is 27.7 Å². The number of hydrogen-bond acceptors (Lipinski definition) is 4. The molecule has 200 valence electrons. The van der Waals surface area contributed by atoms with Crippen LogP contribution in [0.15, 0.2) is 48.5 Å². The van der Waals surface area contributed by atoms with Crippen molar-refractivity contribution in [1.82, 2.24) is 9.80 Å². The highest BCUT2D eigenvalue weighted by atomic mass is 16.5. The number of hydrogen-bond donors (Lipinski definition) is 1. The Morgan fingerprint density at radius 2 is 1.54 bits per heavy atom. The third-order valence-electron chi connectivity index (χ3n) is 6.18. The molecule has 0 radical (unpaired) electrons. The Morgan fingerprint density at radius 3 is 2.09 bits per heavy atom. The molecule has 0 unspecified atom stereocenters. The fraction of sp³-hybridized carbons (Fsp3) is 0.613. The molecule has 1 aliphatic rings. The maximum absolute atomic E-state index is 5.70. The van der Waals surface area contributed by atoms with Gasteiger partial charge in [-0.2, -0.15) is 0 Å². The van der Waals surface area contributed by atoms with Gasteiger partial charge in [-0.3, -0.25) is 0 Å². The summed E-state index contributed by atoms with van der Waals surface area (Å²) >= 11 is 0. The summed E-state index contributed by atoms with van der Waals surface area (Å²) in [5.41, 5.74) is 3.96. The summed E-state index contributed by atoms with van der Waals surface area (Å²) in [7, 11) is 4.14. The fourth-order valence-electron chi connectivity index (χ4n) is 3.90. The van der Waals surface area contributed by atoms with Crippen molar-refractivity contribution in [2.45, 2.75) is 67.7 Å². The summed E-state index contributed by atoms with van der Waals surface area (Å²) in [5.74, 6) is 1.84. The van der Waals surface area contributed by atoms with Crippen LogP contribution in [-0.4, -0.2) is 63.2 Å². The second kappa shape index (κ2) is 21.3. The molecule has 1 fully saturated rings. The second-order valence-corrected chi connectivity index (χ2v) is 8.59. The number of rotatable bonds is 9. The number of likely N-dealkylation sites (N-methyl/N-ethyl adjacent to an activating group) is 1. The van der Waals surface area contributed by atoms with Crippen molar-refractivity contribution in [3.8, 4) is 5.75 Å². The zero-order chi connectivity index (χ0) is 26.5. The van der Waals surface area contributed by atoms with E-state index in [9.17, 15) is 0 Å². The Hall–Kier alpha value is -2.04. The van der Waals surface area contributed by atoms with E-state index in [2.05, 4.69) is 67.2 Å². The Labute approximate surface area is 218 Å². The van der Waals surface area contributed by atoms with Gasteiger partial charge in [-0.05, 0) is 83.0 Å². The van der Waals surface area contributed by atoms with Gasteiger partial charge in [0.2, 0.25) is 0 Å². The van der Waals surface area contributed by atoms with E-state index in [1.165, 1.54) is 43.5 Å². The van der Waals surface area contributed by atoms with Crippen molar-refractivity contribution in [3.05, 3.63) is 59.7 Å². The number of anilines is 1. The molecule has 1 aliphatic heterocycles. The van der Waals surface area contributed by atoms with Crippen LogP contribution >= 0.6 is 0 Å². The lowest BCUT2D eigenvalue weighted by Gasteiger charge is -2.28. The third-order valence-corrected chi connectivity index (χ3v) is 6.18. The van der Waals surface area contributed by atoms with Gasteiger partial charge in [-0.15, -0.1) is 0 Å². The predicted molar refractivity (Wildman–Crippen MR) is 157 cm³/mol. The summed E-state index contributed by atoms with van der Waals surface area (Å²) in [5, 5.41) is 3.10. The third kappa shape index (κ3) is 14.8. The van der Waals surface area contributed by atoms with Crippen molar-refractivity contribution in [3.63, 3.8) is 0 Å². The van der Waals surface area contributed by atoms with Gasteiger partial charge in [0.1, 0.15) is 12.4 Å². The largest absolute Gasteiger partial charge is 0.492 e. The lowest BCUT2D eigenvalue weighted by atomic mass is 9.90. The van der Waals surface area contributed by atoms with Crippen LogP contribution in [0.4, 0.5) is 5.69 Å². The molecule has 35 heavy (non-hydrogen) atoms. The fourth-order valence-corrected chi connectivity index (χ4v) is 3.90. The maximum atomic E-state index is 5.70. The average Bonchev–Trinajstić information content (AvgIpc) is 2.92. The molecule has 0 saturated carbocycles. The number of nitrogens with one attached hydrogen (secondary N) is 1. The minimum Gasteiger partial charge on any atom is -0.492 e. The quantitative estimate of drug-likeness (QED) is 0.401. The van der Waals surface area contributed by atoms with Gasteiger partial charge in [0.25, 0.3) is 0 Å². The van der Waals surface area contributed by atoms with Crippen molar-refractivity contribution >= 4 is 5.69 Å². The van der Waals surface area contributed by atoms with Gasteiger partial charge in [0.15, 0.2) is 0 Å². The highest BCUT2D eigenvalue weighted by Gasteiger charge is 2.16. The molecule has 3 rings (SSSR count). The smallest absolute Gasteiger partial charge is 0.121 e. The molecule has 1 heterocycles. The van der Waals surface area contributed by atoms with Gasteiger partial charge in [0.05, 0.1) is 0 Å². The van der Waals surface area contributed by atoms with Crippen molar-refractivity contribution in [2.24, 2.45) is 5.92 Å². The molecule has 0 bridgehead atoms. The number of nitrogens with zero attached hydrogens (tertiary/aromatic N) is 2. The first-order chi connectivity index (χ1) is 17.0. The molecule has 2 aromatic carbocycles. The highest BCUT2D eigenvalue weighted by molar-refractivity contribution is 5.47. The first kappa shape index (κ1) is 33.0. The van der Waals surface area contributed by atoms with Crippen LogP contribution in [0.25, 0.3) is 0 Å². The van der Waals surface area contributed by atoms with E-state index >= 15 is 0 Å². The average molecular weight is 486 g/mol. The number of benzene rings is 2. The Kier molecular flexibility index (Phi) is 20.0. The van der Waals surface area contributed by atoms with Crippen LogP contribution in [0.3, 0.4) is 0 Å². The summed E-state index contributed by atoms with van der Waals surface area (Å²) in [6.07, 6.45) is 4.00. The first-order valence-corrected chi connectivity index (χ1v) is 13.9. The zero-order valence-corrected chi connectivity index (χ0v) is 24.4. The van der Waals surface area contributed by atoms with Gasteiger partial charge in [-0.25, -0.2) is 0 Å². The van der Waals surface area contributed by atoms with E-state index in [0.717, 1.165) is 43.6 Å². The SMILES string of the molecule is CC.CC.CCN(CC)CCOc1cccc(NC)c1.Cc1ccc(CC2CCN(C)CC2)cc1. The van der Waals surface area contributed by atoms with Gasteiger partial charge < -0.3 is 19.9 Å². The molecular formula is C31H55N3O. The molecule has 4 heteroatoms. The van der Waals surface area contributed by atoms with E-state index in [1.54, 1.807) is 0 Å². The van der Waals surface area contributed by atoms with Crippen molar-refractivity contribution < 1.29 is 4.74 Å².